The van der Waals surface area contributed by atoms with Gasteiger partial charge in [0.15, 0.2) is 0 Å². The molecule has 1 aromatic heterocycles. The minimum absolute atomic E-state index is 0.161. The third-order valence-electron chi connectivity index (χ3n) is 4.21. The molecule has 0 spiro atoms. The molecular formula is C17H24FN5O2. The van der Waals surface area contributed by atoms with Crippen molar-refractivity contribution < 1.29 is 14.2 Å². The predicted octanol–water partition coefficient (Wildman–Crippen LogP) is 1.26. The van der Waals surface area contributed by atoms with E-state index in [0.29, 0.717) is 23.5 Å². The monoisotopic (exact) mass is 349 g/mol. The second-order valence-electron chi connectivity index (χ2n) is 6.76. The fourth-order valence-electron chi connectivity index (χ4n) is 3.20. The van der Waals surface area contributed by atoms with E-state index in [1.165, 1.54) is 10.9 Å². The molecule has 7 nitrogen and oxygen atoms in total. The molecule has 1 saturated heterocycles. The van der Waals surface area contributed by atoms with Gasteiger partial charge in [0.2, 0.25) is 5.82 Å². The zero-order valence-electron chi connectivity index (χ0n) is 14.8. The zero-order valence-corrected chi connectivity index (χ0v) is 14.8. The molecule has 1 aromatic carbocycles. The molecule has 3 atom stereocenters. The van der Waals surface area contributed by atoms with Crippen molar-refractivity contribution in [2.75, 3.05) is 19.6 Å². The van der Waals surface area contributed by atoms with Crippen molar-refractivity contribution in [2.24, 2.45) is 0 Å². The van der Waals surface area contributed by atoms with Gasteiger partial charge in [-0.2, -0.15) is 4.80 Å². The number of aryl methyl sites for hydroxylation is 1. The van der Waals surface area contributed by atoms with Gasteiger partial charge < -0.3 is 9.84 Å². The third-order valence-corrected chi connectivity index (χ3v) is 4.21. The molecule has 1 aliphatic heterocycles. The van der Waals surface area contributed by atoms with Gasteiger partial charge in [-0.15, -0.1) is 10.2 Å². The lowest BCUT2D eigenvalue weighted by molar-refractivity contribution is -0.0776. The minimum atomic E-state index is -0.602. The smallest absolute Gasteiger partial charge is 0.204 e. The number of aromatic nitrogens is 4. The highest BCUT2D eigenvalue weighted by Crippen LogP contribution is 2.17. The molecule has 2 heterocycles. The van der Waals surface area contributed by atoms with E-state index in [-0.39, 0.29) is 24.6 Å². The molecule has 1 N–H and O–H groups in total. The van der Waals surface area contributed by atoms with E-state index in [1.54, 1.807) is 19.1 Å². The molecule has 0 unspecified atom stereocenters. The summed E-state index contributed by atoms with van der Waals surface area (Å²) in [4.78, 5) is 3.57. The maximum Gasteiger partial charge on any atom is 0.204 e. The maximum atomic E-state index is 13.4. The summed E-state index contributed by atoms with van der Waals surface area (Å²) in [6, 6.07) is 4.70. The fourth-order valence-corrected chi connectivity index (χ4v) is 3.20. The number of tetrazole rings is 1. The van der Waals surface area contributed by atoms with Crippen molar-refractivity contribution >= 4 is 0 Å². The summed E-state index contributed by atoms with van der Waals surface area (Å²) in [5.74, 6) is 0.157. The molecule has 0 amide bonds. The van der Waals surface area contributed by atoms with Gasteiger partial charge in [0.25, 0.3) is 0 Å². The van der Waals surface area contributed by atoms with Gasteiger partial charge in [0.05, 0.1) is 24.9 Å². The third kappa shape index (κ3) is 4.59. The van der Waals surface area contributed by atoms with Gasteiger partial charge in [-0.3, -0.25) is 4.90 Å². The van der Waals surface area contributed by atoms with Crippen LogP contribution in [-0.2, 0) is 11.3 Å². The largest absolute Gasteiger partial charge is 0.390 e. The first-order chi connectivity index (χ1) is 11.9. The van der Waals surface area contributed by atoms with Crippen LogP contribution < -0.4 is 0 Å². The van der Waals surface area contributed by atoms with Crippen LogP contribution in [0.2, 0.25) is 0 Å². The molecule has 0 bridgehead atoms. The first kappa shape index (κ1) is 17.9. The van der Waals surface area contributed by atoms with E-state index in [1.807, 2.05) is 13.8 Å². The lowest BCUT2D eigenvalue weighted by atomic mass is 10.1. The Morgan fingerprint density at radius 1 is 1.28 bits per heavy atom. The van der Waals surface area contributed by atoms with E-state index in [4.69, 9.17) is 4.74 Å². The molecule has 136 valence electrons. The average molecular weight is 349 g/mol. The molecule has 1 fully saturated rings. The van der Waals surface area contributed by atoms with Crippen LogP contribution in [0.5, 0.6) is 0 Å². The number of halogens is 1. The molecule has 1 aliphatic rings. The Balaban J connectivity index is 1.60. The number of morpholine rings is 1. The molecule has 3 rings (SSSR count). The van der Waals surface area contributed by atoms with E-state index in [2.05, 4.69) is 20.3 Å². The number of benzene rings is 1. The van der Waals surface area contributed by atoms with Crippen LogP contribution in [-0.4, -0.2) is 68.2 Å². The number of hydrogen-bond acceptors (Lipinski definition) is 6. The second-order valence-corrected chi connectivity index (χ2v) is 6.76. The van der Waals surface area contributed by atoms with Gasteiger partial charge in [0.1, 0.15) is 5.82 Å². The second kappa shape index (κ2) is 7.55. The Labute approximate surface area is 146 Å². The van der Waals surface area contributed by atoms with Crippen molar-refractivity contribution in [3.63, 3.8) is 0 Å². The molecule has 8 heteroatoms. The quantitative estimate of drug-likeness (QED) is 0.876. The molecular weight excluding hydrogens is 325 g/mol. The van der Waals surface area contributed by atoms with Crippen molar-refractivity contribution in [3.05, 3.63) is 29.6 Å². The van der Waals surface area contributed by atoms with Crippen molar-refractivity contribution in [3.8, 4) is 11.4 Å². The number of aliphatic hydroxyl groups excluding tert-OH is 1. The zero-order chi connectivity index (χ0) is 18.0. The Bertz CT molecular complexity index is 713. The lowest BCUT2D eigenvalue weighted by Gasteiger charge is -2.36. The van der Waals surface area contributed by atoms with Crippen LogP contribution >= 0.6 is 0 Å². The van der Waals surface area contributed by atoms with Gasteiger partial charge in [-0.1, -0.05) is 0 Å². The number of nitrogens with zero attached hydrogens (tertiary/aromatic N) is 5. The number of ether oxygens (including phenoxy) is 1. The van der Waals surface area contributed by atoms with Gasteiger partial charge in [-0.25, -0.2) is 4.39 Å². The van der Waals surface area contributed by atoms with Gasteiger partial charge in [-0.05, 0) is 49.7 Å². The van der Waals surface area contributed by atoms with E-state index in [9.17, 15) is 9.50 Å². The van der Waals surface area contributed by atoms with Crippen LogP contribution in [0.4, 0.5) is 4.39 Å². The summed E-state index contributed by atoms with van der Waals surface area (Å²) in [5.41, 5.74) is 1.24. The summed E-state index contributed by atoms with van der Waals surface area (Å²) in [7, 11) is 0. The van der Waals surface area contributed by atoms with Crippen molar-refractivity contribution in [2.45, 2.75) is 45.6 Å². The minimum Gasteiger partial charge on any atom is -0.390 e. The summed E-state index contributed by atoms with van der Waals surface area (Å²) in [5, 5.41) is 22.6. The van der Waals surface area contributed by atoms with Crippen LogP contribution in [0.1, 0.15) is 19.4 Å². The topological polar surface area (TPSA) is 76.3 Å². The summed E-state index contributed by atoms with van der Waals surface area (Å²) in [6.07, 6.45) is -0.281. The normalized spacial score (nSPS) is 22.9. The van der Waals surface area contributed by atoms with Crippen LogP contribution in [0, 0.1) is 12.7 Å². The number of rotatable bonds is 5. The molecule has 0 saturated carbocycles. The average Bonchev–Trinajstić information content (AvgIpc) is 2.97. The fraction of sp³-hybridized carbons (Fsp3) is 0.588. The standard InChI is InChI=1S/C17H24FN5O2/c1-11-6-14(4-5-16(11)18)17-19-21-23(20-17)10-15(24)9-22-7-12(2)25-13(3)8-22/h4-6,12-13,15,24H,7-10H2,1-3H3/t12-,13-,15-/m1/s1. The Morgan fingerprint density at radius 3 is 2.68 bits per heavy atom. The van der Waals surface area contributed by atoms with Crippen molar-refractivity contribution in [1.29, 1.82) is 0 Å². The number of β-amino-alcohol motifs (C(OH)–C–C–N with tert-alkyl or cyclic N) is 1. The summed E-state index contributed by atoms with van der Waals surface area (Å²) < 4.78 is 19.1. The lowest BCUT2D eigenvalue weighted by Crippen LogP contribution is -2.48. The SMILES string of the molecule is Cc1cc(-c2nnn(C[C@H](O)CN3C[C@@H](C)O[C@H](C)C3)n2)ccc1F. The van der Waals surface area contributed by atoms with Crippen LogP contribution in [0.25, 0.3) is 11.4 Å². The molecule has 0 aliphatic carbocycles. The Morgan fingerprint density at radius 2 is 2.00 bits per heavy atom. The van der Waals surface area contributed by atoms with Crippen LogP contribution in [0.15, 0.2) is 18.2 Å². The first-order valence-corrected chi connectivity index (χ1v) is 8.51. The van der Waals surface area contributed by atoms with E-state index in [0.717, 1.165) is 13.1 Å². The molecule has 0 radical (unpaired) electrons. The predicted molar refractivity (Wildman–Crippen MR) is 90.4 cm³/mol. The van der Waals surface area contributed by atoms with Gasteiger partial charge >= 0.3 is 0 Å². The van der Waals surface area contributed by atoms with Crippen molar-refractivity contribution in [1.82, 2.24) is 25.1 Å². The number of hydrogen-bond donors (Lipinski definition) is 1. The summed E-state index contributed by atoms with van der Waals surface area (Å²) in [6.45, 7) is 8.14. The van der Waals surface area contributed by atoms with E-state index < -0.39 is 6.10 Å². The van der Waals surface area contributed by atoms with E-state index >= 15 is 0 Å². The highest BCUT2D eigenvalue weighted by molar-refractivity contribution is 5.54. The Kier molecular flexibility index (Phi) is 5.41. The summed E-state index contributed by atoms with van der Waals surface area (Å²) >= 11 is 0. The first-order valence-electron chi connectivity index (χ1n) is 8.51. The van der Waals surface area contributed by atoms with Gasteiger partial charge in [0, 0.05) is 25.2 Å². The number of aliphatic hydroxyl groups is 1. The van der Waals surface area contributed by atoms with Crippen LogP contribution in [0.3, 0.4) is 0 Å². The highest BCUT2D eigenvalue weighted by Gasteiger charge is 2.24. The molecule has 2 aromatic rings. The Hall–Kier alpha value is -1.90. The maximum absolute atomic E-state index is 13.4. The highest BCUT2D eigenvalue weighted by atomic mass is 19.1. The molecule has 25 heavy (non-hydrogen) atoms.